The molecule has 3 aromatic rings. The third-order valence-electron chi connectivity index (χ3n) is 3.36. The number of halogens is 1. The smallest absolute Gasteiger partial charge is 0.240 e. The Bertz CT molecular complexity index is 1000. The normalized spacial score (nSPS) is 11.6. The molecule has 1 heterocycles. The monoisotopic (exact) mass is 396 g/mol. The molecule has 3 N–H and O–H groups in total. The van der Waals surface area contributed by atoms with Gasteiger partial charge in [0.15, 0.2) is 11.5 Å². The van der Waals surface area contributed by atoms with Gasteiger partial charge in [-0.15, -0.1) is 11.3 Å². The molecule has 6 nitrogen and oxygen atoms in total. The van der Waals surface area contributed by atoms with Gasteiger partial charge in [-0.05, 0) is 42.5 Å². The Morgan fingerprint density at radius 2 is 1.80 bits per heavy atom. The average Bonchev–Trinajstić information content (AvgIpc) is 3.05. The minimum Gasteiger partial charge on any atom is -0.504 e. The van der Waals surface area contributed by atoms with Crippen LogP contribution in [0.5, 0.6) is 11.5 Å². The number of aromatic hydroxyl groups is 2. The number of aromatic nitrogens is 1. The zero-order valence-corrected chi connectivity index (χ0v) is 15.1. The Hall–Kier alpha value is -2.13. The standard InChI is InChI=1S/C16H13ClN2O4S2/c17-11-2-4-12(5-3-11)25(22,23)18-8-16-19-13(9-24-16)10-1-6-14(20)15(21)7-10/h1-7,9,18,20-21H,8H2. The van der Waals surface area contributed by atoms with E-state index in [1.165, 1.54) is 47.7 Å². The molecule has 3 rings (SSSR count). The maximum Gasteiger partial charge on any atom is 0.240 e. The van der Waals surface area contributed by atoms with Crippen LogP contribution in [0.25, 0.3) is 11.3 Å². The highest BCUT2D eigenvalue weighted by molar-refractivity contribution is 7.89. The average molecular weight is 397 g/mol. The maximum atomic E-state index is 12.2. The maximum absolute atomic E-state index is 12.2. The summed E-state index contributed by atoms with van der Waals surface area (Å²) < 4.78 is 27.0. The van der Waals surface area contributed by atoms with E-state index in [2.05, 4.69) is 9.71 Å². The Morgan fingerprint density at radius 1 is 1.08 bits per heavy atom. The molecule has 0 aliphatic carbocycles. The summed E-state index contributed by atoms with van der Waals surface area (Å²) in [4.78, 5) is 4.46. The third kappa shape index (κ3) is 4.10. The highest BCUT2D eigenvalue weighted by Crippen LogP contribution is 2.31. The van der Waals surface area contributed by atoms with Crippen molar-refractivity contribution in [1.29, 1.82) is 0 Å². The van der Waals surface area contributed by atoms with Gasteiger partial charge in [-0.2, -0.15) is 0 Å². The van der Waals surface area contributed by atoms with Crippen LogP contribution in [-0.2, 0) is 16.6 Å². The van der Waals surface area contributed by atoms with Crippen LogP contribution in [0.3, 0.4) is 0 Å². The lowest BCUT2D eigenvalue weighted by atomic mass is 10.1. The Morgan fingerprint density at radius 3 is 2.48 bits per heavy atom. The van der Waals surface area contributed by atoms with E-state index in [0.29, 0.717) is 21.3 Å². The molecular weight excluding hydrogens is 384 g/mol. The summed E-state index contributed by atoms with van der Waals surface area (Å²) in [5, 5.41) is 21.7. The number of nitrogens with one attached hydrogen (secondary N) is 1. The fourth-order valence-electron chi connectivity index (χ4n) is 2.06. The fourth-order valence-corrected chi connectivity index (χ4v) is 4.01. The van der Waals surface area contributed by atoms with Crippen molar-refractivity contribution in [2.75, 3.05) is 0 Å². The van der Waals surface area contributed by atoms with E-state index in [9.17, 15) is 18.6 Å². The SMILES string of the molecule is O=S(=O)(NCc1nc(-c2ccc(O)c(O)c2)cs1)c1ccc(Cl)cc1. The van der Waals surface area contributed by atoms with Crippen LogP contribution in [0.4, 0.5) is 0 Å². The van der Waals surface area contributed by atoms with Crippen LogP contribution < -0.4 is 4.72 Å². The summed E-state index contributed by atoms with van der Waals surface area (Å²) in [7, 11) is -3.66. The van der Waals surface area contributed by atoms with E-state index >= 15 is 0 Å². The van der Waals surface area contributed by atoms with Crippen LogP contribution in [0, 0.1) is 0 Å². The number of nitrogens with zero attached hydrogens (tertiary/aromatic N) is 1. The van der Waals surface area contributed by atoms with Crippen LogP contribution in [-0.4, -0.2) is 23.6 Å². The lowest BCUT2D eigenvalue weighted by molar-refractivity contribution is 0.404. The Kier molecular flexibility index (Phi) is 4.96. The summed E-state index contributed by atoms with van der Waals surface area (Å²) in [6, 6.07) is 10.3. The molecule has 0 bridgehead atoms. The van der Waals surface area contributed by atoms with Crippen molar-refractivity contribution in [2.24, 2.45) is 0 Å². The van der Waals surface area contributed by atoms with E-state index in [1.807, 2.05) is 0 Å². The summed E-state index contributed by atoms with van der Waals surface area (Å²) >= 11 is 7.05. The number of sulfonamides is 1. The van der Waals surface area contributed by atoms with Crippen molar-refractivity contribution >= 4 is 33.0 Å². The van der Waals surface area contributed by atoms with E-state index in [1.54, 1.807) is 11.4 Å². The molecular formula is C16H13ClN2O4S2. The van der Waals surface area contributed by atoms with Gasteiger partial charge in [-0.3, -0.25) is 0 Å². The first-order chi connectivity index (χ1) is 11.8. The fraction of sp³-hybridized carbons (Fsp3) is 0.0625. The van der Waals surface area contributed by atoms with Gasteiger partial charge in [0.2, 0.25) is 10.0 Å². The van der Waals surface area contributed by atoms with Crippen molar-refractivity contribution in [1.82, 2.24) is 9.71 Å². The molecule has 0 unspecified atom stereocenters. The van der Waals surface area contributed by atoms with Crippen molar-refractivity contribution in [3.8, 4) is 22.8 Å². The predicted octanol–water partition coefficient (Wildman–Crippen LogP) is 3.35. The van der Waals surface area contributed by atoms with Gasteiger partial charge in [-0.1, -0.05) is 11.6 Å². The predicted molar refractivity (Wildman–Crippen MR) is 96.4 cm³/mol. The molecule has 130 valence electrons. The van der Waals surface area contributed by atoms with Crippen molar-refractivity contribution < 1.29 is 18.6 Å². The Balaban J connectivity index is 1.73. The minimum absolute atomic E-state index is 0.0414. The first kappa shape index (κ1) is 17.7. The molecule has 0 atom stereocenters. The summed E-state index contributed by atoms with van der Waals surface area (Å²) in [6.45, 7) is 0.0414. The minimum atomic E-state index is -3.66. The van der Waals surface area contributed by atoms with E-state index in [4.69, 9.17) is 11.6 Å². The largest absolute Gasteiger partial charge is 0.504 e. The van der Waals surface area contributed by atoms with Gasteiger partial charge in [0, 0.05) is 16.0 Å². The molecule has 0 amide bonds. The number of hydrogen-bond acceptors (Lipinski definition) is 6. The van der Waals surface area contributed by atoms with Crippen LogP contribution in [0.15, 0.2) is 52.7 Å². The topological polar surface area (TPSA) is 99.5 Å². The number of rotatable bonds is 5. The molecule has 0 saturated heterocycles. The second kappa shape index (κ2) is 7.01. The molecule has 0 fully saturated rings. The molecule has 1 aromatic heterocycles. The number of hydrogen-bond donors (Lipinski definition) is 3. The van der Waals surface area contributed by atoms with Gasteiger partial charge in [0.05, 0.1) is 17.1 Å². The molecule has 0 saturated carbocycles. The molecule has 0 aliphatic heterocycles. The first-order valence-electron chi connectivity index (χ1n) is 7.07. The first-order valence-corrected chi connectivity index (χ1v) is 9.81. The van der Waals surface area contributed by atoms with Gasteiger partial charge < -0.3 is 10.2 Å². The lowest BCUT2D eigenvalue weighted by Gasteiger charge is -2.05. The second-order valence-corrected chi connectivity index (χ2v) is 8.25. The number of phenols is 2. The summed E-state index contributed by atoms with van der Waals surface area (Å²) in [5.41, 5.74) is 1.21. The number of phenolic OH excluding ortho intramolecular Hbond substituents is 2. The molecule has 0 radical (unpaired) electrons. The second-order valence-electron chi connectivity index (χ2n) is 5.11. The van der Waals surface area contributed by atoms with E-state index < -0.39 is 10.0 Å². The third-order valence-corrected chi connectivity index (χ3v) is 5.88. The van der Waals surface area contributed by atoms with Crippen LogP contribution >= 0.6 is 22.9 Å². The van der Waals surface area contributed by atoms with Crippen molar-refractivity contribution in [3.63, 3.8) is 0 Å². The van der Waals surface area contributed by atoms with Gasteiger partial charge >= 0.3 is 0 Å². The quantitative estimate of drug-likeness (QED) is 0.574. The van der Waals surface area contributed by atoms with Crippen LogP contribution in [0.2, 0.25) is 5.02 Å². The Labute approximate surface area is 153 Å². The zero-order valence-electron chi connectivity index (χ0n) is 12.7. The molecule has 2 aromatic carbocycles. The number of thiazole rings is 1. The summed E-state index contributed by atoms with van der Waals surface area (Å²) in [6.07, 6.45) is 0. The number of benzene rings is 2. The molecule has 9 heteroatoms. The zero-order chi connectivity index (χ0) is 18.0. The van der Waals surface area contributed by atoms with Gasteiger partial charge in [-0.25, -0.2) is 18.1 Å². The van der Waals surface area contributed by atoms with Gasteiger partial charge in [0.25, 0.3) is 0 Å². The van der Waals surface area contributed by atoms with E-state index in [0.717, 1.165) is 0 Å². The molecule has 0 aliphatic rings. The van der Waals surface area contributed by atoms with Crippen LogP contribution in [0.1, 0.15) is 5.01 Å². The molecule has 25 heavy (non-hydrogen) atoms. The lowest BCUT2D eigenvalue weighted by Crippen LogP contribution is -2.23. The summed E-state index contributed by atoms with van der Waals surface area (Å²) in [5.74, 6) is -0.453. The van der Waals surface area contributed by atoms with Crippen molar-refractivity contribution in [3.05, 3.63) is 57.9 Å². The highest BCUT2D eigenvalue weighted by Gasteiger charge is 2.15. The van der Waals surface area contributed by atoms with Crippen molar-refractivity contribution in [2.45, 2.75) is 11.4 Å². The van der Waals surface area contributed by atoms with Gasteiger partial charge in [0.1, 0.15) is 5.01 Å². The molecule has 0 spiro atoms. The highest BCUT2D eigenvalue weighted by atomic mass is 35.5. The van der Waals surface area contributed by atoms with E-state index in [-0.39, 0.29) is 22.9 Å².